The molecule has 0 bridgehead atoms. The molecule has 0 fully saturated rings. The second-order valence-electron chi connectivity index (χ2n) is 3.67. The number of hydrogen-bond acceptors (Lipinski definition) is 7. The lowest BCUT2D eigenvalue weighted by atomic mass is 10.4. The van der Waals surface area contributed by atoms with E-state index in [0.717, 1.165) is 18.2 Å². The highest BCUT2D eigenvalue weighted by Crippen LogP contribution is 2.16. The van der Waals surface area contributed by atoms with Gasteiger partial charge in [-0.25, -0.2) is 5.06 Å². The van der Waals surface area contributed by atoms with Crippen molar-refractivity contribution < 1.29 is 10.3 Å². The summed E-state index contributed by atoms with van der Waals surface area (Å²) in [5.74, 6) is 0.826. The minimum Gasteiger partial charge on any atom is -0.385 e. The fraction of sp³-hybridized carbons (Fsp3) is 0.700. The zero-order chi connectivity index (χ0) is 13.0. The lowest BCUT2D eigenvalue weighted by Gasteiger charge is -2.20. The van der Waals surface area contributed by atoms with E-state index in [1.807, 2.05) is 18.7 Å². The maximum Gasteiger partial charge on any atom is 0.254 e. The Morgan fingerprint density at radius 2 is 1.65 bits per heavy atom. The van der Waals surface area contributed by atoms with Crippen LogP contribution in [-0.2, 0) is 0 Å². The molecule has 1 atom stereocenters. The number of aromatic nitrogens is 3. The Balaban J connectivity index is 3.20. The molecule has 7 nitrogen and oxygen atoms in total. The molecule has 17 heavy (non-hydrogen) atoms. The van der Waals surface area contributed by atoms with E-state index < -0.39 is 6.10 Å². The van der Waals surface area contributed by atoms with Crippen molar-refractivity contribution in [1.82, 2.24) is 15.0 Å². The number of anilines is 2. The maximum absolute atomic E-state index is 9.51. The predicted octanol–water partition coefficient (Wildman–Crippen LogP) is 0.596. The molecule has 7 heteroatoms. The molecule has 1 unspecified atom stereocenters. The van der Waals surface area contributed by atoms with Gasteiger partial charge in [0.1, 0.15) is 6.10 Å². The van der Waals surface area contributed by atoms with Gasteiger partial charge in [0.05, 0.1) is 0 Å². The van der Waals surface area contributed by atoms with Crippen LogP contribution in [0.2, 0.25) is 0 Å². The van der Waals surface area contributed by atoms with E-state index in [0.29, 0.717) is 5.95 Å². The molecule has 0 aliphatic carbocycles. The molecule has 96 valence electrons. The summed E-state index contributed by atoms with van der Waals surface area (Å²) in [5, 5.41) is 19.7. The van der Waals surface area contributed by atoms with Crippen molar-refractivity contribution in [3.63, 3.8) is 0 Å². The number of nitrogens with zero attached hydrogens (tertiary/aromatic N) is 5. The van der Waals surface area contributed by atoms with E-state index in [1.165, 1.54) is 7.05 Å². The van der Waals surface area contributed by atoms with E-state index in [1.54, 1.807) is 6.92 Å². The minimum atomic E-state index is -0.800. The van der Waals surface area contributed by atoms with Gasteiger partial charge in [-0.1, -0.05) is 0 Å². The lowest BCUT2D eigenvalue weighted by Crippen LogP contribution is -2.27. The molecule has 0 radical (unpaired) electrons. The zero-order valence-corrected chi connectivity index (χ0v) is 10.6. The quantitative estimate of drug-likeness (QED) is 0.730. The number of hydrogen-bond donors (Lipinski definition) is 2. The first-order valence-corrected chi connectivity index (χ1v) is 5.61. The van der Waals surface area contributed by atoms with Gasteiger partial charge in [0, 0.05) is 20.1 Å². The molecule has 0 spiro atoms. The normalized spacial score (nSPS) is 12.4. The molecule has 1 rings (SSSR count). The topological polar surface area (TPSA) is 85.6 Å². The van der Waals surface area contributed by atoms with Crippen LogP contribution < -0.4 is 9.96 Å². The van der Waals surface area contributed by atoms with E-state index >= 15 is 0 Å². The fourth-order valence-electron chi connectivity index (χ4n) is 1.35. The summed E-state index contributed by atoms with van der Waals surface area (Å²) < 4.78 is 0. The van der Waals surface area contributed by atoms with Crippen LogP contribution in [-0.4, -0.2) is 45.4 Å². The van der Waals surface area contributed by atoms with Gasteiger partial charge < -0.3 is 10.0 Å². The second kappa shape index (κ2) is 5.74. The highest BCUT2D eigenvalue weighted by molar-refractivity contribution is 5.36. The van der Waals surface area contributed by atoms with Crippen LogP contribution in [0.4, 0.5) is 11.9 Å². The van der Waals surface area contributed by atoms with Gasteiger partial charge in [-0.05, 0) is 20.8 Å². The third-order valence-electron chi connectivity index (χ3n) is 2.34. The Kier molecular flexibility index (Phi) is 4.59. The van der Waals surface area contributed by atoms with Gasteiger partial charge in [-0.2, -0.15) is 15.0 Å². The monoisotopic (exact) mass is 241 g/mol. The third kappa shape index (κ3) is 3.24. The van der Waals surface area contributed by atoms with E-state index in [-0.39, 0.29) is 11.8 Å². The third-order valence-corrected chi connectivity index (χ3v) is 2.34. The summed E-state index contributed by atoms with van der Waals surface area (Å²) in [6.07, 6.45) is -0.800. The minimum absolute atomic E-state index is 0.123. The second-order valence-corrected chi connectivity index (χ2v) is 3.67. The van der Waals surface area contributed by atoms with Crippen LogP contribution in [0.5, 0.6) is 0 Å². The summed E-state index contributed by atoms with van der Waals surface area (Å²) in [6.45, 7) is 7.03. The molecule has 0 aliphatic heterocycles. The van der Waals surface area contributed by atoms with Crippen LogP contribution >= 0.6 is 0 Å². The number of aliphatic hydroxyl groups is 1. The molecule has 0 saturated heterocycles. The Morgan fingerprint density at radius 1 is 1.12 bits per heavy atom. The van der Waals surface area contributed by atoms with Crippen molar-refractivity contribution in [1.29, 1.82) is 0 Å². The molecule has 1 aromatic heterocycles. The van der Waals surface area contributed by atoms with Crippen LogP contribution in [0.3, 0.4) is 0 Å². The summed E-state index contributed by atoms with van der Waals surface area (Å²) >= 11 is 0. The molecule has 0 saturated carbocycles. The SMILES string of the molecule is CCN(CC)c1nc(C(C)O)nc(N(C)O)n1. The van der Waals surface area contributed by atoms with Crippen LogP contribution in [0.25, 0.3) is 0 Å². The first-order valence-electron chi connectivity index (χ1n) is 5.61. The molecular formula is C10H19N5O2. The highest BCUT2D eigenvalue weighted by atomic mass is 16.5. The summed E-state index contributed by atoms with van der Waals surface area (Å²) in [4.78, 5) is 14.2. The first kappa shape index (κ1) is 13.6. The van der Waals surface area contributed by atoms with Gasteiger partial charge >= 0.3 is 0 Å². The van der Waals surface area contributed by atoms with Gasteiger partial charge in [-0.15, -0.1) is 0 Å². The van der Waals surface area contributed by atoms with Crippen molar-refractivity contribution in [3.8, 4) is 0 Å². The average molecular weight is 241 g/mol. The number of hydroxylamine groups is 1. The van der Waals surface area contributed by atoms with Crippen LogP contribution in [0.1, 0.15) is 32.7 Å². The van der Waals surface area contributed by atoms with Gasteiger partial charge in [0.25, 0.3) is 5.95 Å². The first-order chi connectivity index (χ1) is 7.99. The van der Waals surface area contributed by atoms with Gasteiger partial charge in [-0.3, -0.25) is 5.21 Å². The van der Waals surface area contributed by atoms with Crippen molar-refractivity contribution in [2.24, 2.45) is 0 Å². The smallest absolute Gasteiger partial charge is 0.254 e. The summed E-state index contributed by atoms with van der Waals surface area (Å²) in [7, 11) is 1.42. The Hall–Kier alpha value is -1.47. The molecular weight excluding hydrogens is 222 g/mol. The molecule has 1 aromatic rings. The molecule has 0 amide bonds. The summed E-state index contributed by atoms with van der Waals surface area (Å²) in [6, 6.07) is 0. The fourth-order valence-corrected chi connectivity index (χ4v) is 1.35. The highest BCUT2D eigenvalue weighted by Gasteiger charge is 2.15. The standard InChI is InChI=1S/C10H19N5O2/c1-5-15(6-2)10-12-8(7(3)16)11-9(13-10)14(4)17/h7,16-17H,5-6H2,1-4H3. The number of aliphatic hydroxyl groups excluding tert-OH is 1. The van der Waals surface area contributed by atoms with Crippen molar-refractivity contribution in [2.45, 2.75) is 26.9 Å². The molecule has 1 heterocycles. The molecule has 0 aromatic carbocycles. The Bertz CT molecular complexity index is 339. The van der Waals surface area contributed by atoms with E-state index in [4.69, 9.17) is 0 Å². The van der Waals surface area contributed by atoms with Crippen molar-refractivity contribution >= 4 is 11.9 Å². The van der Waals surface area contributed by atoms with Crippen molar-refractivity contribution in [3.05, 3.63) is 5.82 Å². The van der Waals surface area contributed by atoms with Crippen molar-refractivity contribution in [2.75, 3.05) is 30.1 Å². The largest absolute Gasteiger partial charge is 0.385 e. The molecule has 2 N–H and O–H groups in total. The van der Waals surface area contributed by atoms with E-state index in [9.17, 15) is 10.3 Å². The van der Waals surface area contributed by atoms with E-state index in [2.05, 4.69) is 15.0 Å². The van der Waals surface area contributed by atoms with Gasteiger partial charge in [0.2, 0.25) is 5.95 Å². The maximum atomic E-state index is 9.51. The molecule has 0 aliphatic rings. The zero-order valence-electron chi connectivity index (χ0n) is 10.6. The summed E-state index contributed by atoms with van der Waals surface area (Å²) in [5.41, 5.74) is 0. The van der Waals surface area contributed by atoms with Crippen LogP contribution in [0, 0.1) is 0 Å². The predicted molar refractivity (Wildman–Crippen MR) is 64.2 cm³/mol. The Labute approximate surface area is 101 Å². The van der Waals surface area contributed by atoms with Gasteiger partial charge in [0.15, 0.2) is 5.82 Å². The Morgan fingerprint density at radius 3 is 2.06 bits per heavy atom. The van der Waals surface area contributed by atoms with Crippen LogP contribution in [0.15, 0.2) is 0 Å². The average Bonchev–Trinajstić information content (AvgIpc) is 2.30. The number of rotatable bonds is 5. The lowest BCUT2D eigenvalue weighted by molar-refractivity contribution is 0.187.